The summed E-state index contributed by atoms with van der Waals surface area (Å²) in [6.07, 6.45) is 9.73. The van der Waals surface area contributed by atoms with Gasteiger partial charge in [0.1, 0.15) is 5.01 Å². The third kappa shape index (κ3) is 5.94. The van der Waals surface area contributed by atoms with Crippen molar-refractivity contribution in [3.63, 3.8) is 0 Å². The largest absolute Gasteiger partial charge is 0.328 e. The number of aromatic amines is 1. The predicted octanol–water partition coefficient (Wildman–Crippen LogP) is 3.38. The highest BCUT2D eigenvalue weighted by Gasteiger charge is 2.10. The van der Waals surface area contributed by atoms with Gasteiger partial charge in [0.15, 0.2) is 0 Å². The number of hydrogen-bond donors (Lipinski definition) is 2. The fourth-order valence-electron chi connectivity index (χ4n) is 2.18. The van der Waals surface area contributed by atoms with Gasteiger partial charge in [-0.1, -0.05) is 50.4 Å². The van der Waals surface area contributed by atoms with E-state index in [1.165, 1.54) is 61.8 Å². The summed E-state index contributed by atoms with van der Waals surface area (Å²) >= 11 is 1.40. The lowest BCUT2D eigenvalue weighted by molar-refractivity contribution is 0.102. The van der Waals surface area contributed by atoms with E-state index in [1.807, 2.05) is 0 Å². The van der Waals surface area contributed by atoms with Crippen molar-refractivity contribution in [1.82, 2.24) is 15.2 Å². The number of aryl methyl sites for hydroxylation is 1. The van der Waals surface area contributed by atoms with E-state index in [0.717, 1.165) is 17.8 Å². The van der Waals surface area contributed by atoms with Gasteiger partial charge in [0, 0.05) is 18.7 Å². The highest BCUT2D eigenvalue weighted by atomic mass is 32.1. The number of pyridine rings is 1. The monoisotopic (exact) mass is 334 g/mol. The molecule has 0 saturated carbocycles. The molecule has 2 aromatic rings. The van der Waals surface area contributed by atoms with Crippen LogP contribution in [0.1, 0.15) is 60.8 Å². The van der Waals surface area contributed by atoms with Crippen LogP contribution in [-0.4, -0.2) is 21.1 Å². The van der Waals surface area contributed by atoms with Crippen LogP contribution >= 0.6 is 11.3 Å². The third-order valence-corrected chi connectivity index (χ3v) is 4.38. The van der Waals surface area contributed by atoms with Gasteiger partial charge in [0.25, 0.3) is 5.91 Å². The number of rotatable bonds is 9. The lowest BCUT2D eigenvalue weighted by atomic mass is 10.1. The molecule has 0 radical (unpaired) electrons. The summed E-state index contributed by atoms with van der Waals surface area (Å²) in [4.78, 5) is 25.5. The first-order chi connectivity index (χ1) is 11.2. The Bertz CT molecular complexity index is 660. The van der Waals surface area contributed by atoms with Crippen LogP contribution < -0.4 is 10.9 Å². The van der Waals surface area contributed by atoms with Crippen LogP contribution in [0.4, 0.5) is 5.13 Å². The molecule has 0 aliphatic carbocycles. The zero-order valence-electron chi connectivity index (χ0n) is 13.3. The number of amides is 1. The van der Waals surface area contributed by atoms with Gasteiger partial charge in [-0.2, -0.15) is 0 Å². The number of carbonyl (C=O) groups excluding carboxylic acids is 1. The molecule has 0 bridgehead atoms. The molecular weight excluding hydrogens is 312 g/mol. The number of carbonyl (C=O) groups is 1. The summed E-state index contributed by atoms with van der Waals surface area (Å²) in [6.45, 7) is 2.21. The van der Waals surface area contributed by atoms with Crippen LogP contribution in [0.25, 0.3) is 0 Å². The third-order valence-electron chi connectivity index (χ3n) is 3.48. The van der Waals surface area contributed by atoms with Gasteiger partial charge in [-0.15, -0.1) is 10.2 Å². The van der Waals surface area contributed by atoms with Crippen molar-refractivity contribution < 1.29 is 4.79 Å². The molecule has 0 fully saturated rings. The van der Waals surface area contributed by atoms with Gasteiger partial charge in [-0.25, -0.2) is 0 Å². The molecule has 6 nitrogen and oxygen atoms in total. The minimum Gasteiger partial charge on any atom is -0.328 e. The molecule has 0 unspecified atom stereocenters. The van der Waals surface area contributed by atoms with Gasteiger partial charge in [-0.05, 0) is 12.5 Å². The van der Waals surface area contributed by atoms with Crippen LogP contribution in [0.5, 0.6) is 0 Å². The zero-order valence-corrected chi connectivity index (χ0v) is 14.1. The summed E-state index contributed by atoms with van der Waals surface area (Å²) in [7, 11) is 0. The van der Waals surface area contributed by atoms with Gasteiger partial charge in [0.05, 0.1) is 5.56 Å². The Morgan fingerprint density at radius 3 is 2.70 bits per heavy atom. The molecule has 0 atom stereocenters. The van der Waals surface area contributed by atoms with Crippen molar-refractivity contribution in [2.75, 3.05) is 5.32 Å². The summed E-state index contributed by atoms with van der Waals surface area (Å²) in [5.41, 5.74) is 0.149. The number of hydrogen-bond acceptors (Lipinski definition) is 5. The summed E-state index contributed by atoms with van der Waals surface area (Å²) < 4.78 is 0. The van der Waals surface area contributed by atoms with E-state index in [0.29, 0.717) is 10.7 Å². The molecule has 0 aromatic carbocycles. The van der Waals surface area contributed by atoms with Crippen molar-refractivity contribution >= 4 is 22.4 Å². The van der Waals surface area contributed by atoms with Gasteiger partial charge in [-0.3, -0.25) is 14.9 Å². The fourth-order valence-corrected chi connectivity index (χ4v) is 2.96. The minimum atomic E-state index is -0.302. The van der Waals surface area contributed by atoms with E-state index >= 15 is 0 Å². The second-order valence-corrected chi connectivity index (χ2v) is 6.48. The molecule has 2 aromatic heterocycles. The summed E-state index contributed by atoms with van der Waals surface area (Å²) in [5, 5.41) is 12.2. The van der Waals surface area contributed by atoms with Crippen LogP contribution in [0.2, 0.25) is 0 Å². The molecule has 0 aliphatic heterocycles. The van der Waals surface area contributed by atoms with Crippen LogP contribution in [0, 0.1) is 0 Å². The maximum absolute atomic E-state index is 12.0. The Hall–Kier alpha value is -2.02. The molecule has 0 spiro atoms. The van der Waals surface area contributed by atoms with Gasteiger partial charge in [0.2, 0.25) is 10.7 Å². The first-order valence-electron chi connectivity index (χ1n) is 8.01. The van der Waals surface area contributed by atoms with Crippen molar-refractivity contribution in [2.45, 2.75) is 51.9 Å². The molecular formula is C16H22N4O2S. The van der Waals surface area contributed by atoms with E-state index in [2.05, 4.69) is 27.4 Å². The lowest BCUT2D eigenvalue weighted by Crippen LogP contribution is -2.14. The molecule has 2 rings (SSSR count). The number of nitrogens with zero attached hydrogens (tertiary/aromatic N) is 2. The quantitative estimate of drug-likeness (QED) is 0.688. The molecule has 2 N–H and O–H groups in total. The Labute approximate surface area is 139 Å². The minimum absolute atomic E-state index is 0.237. The molecule has 2 heterocycles. The Morgan fingerprint density at radius 1 is 1.17 bits per heavy atom. The fraction of sp³-hybridized carbons (Fsp3) is 0.500. The molecule has 0 saturated heterocycles. The van der Waals surface area contributed by atoms with E-state index in [1.54, 1.807) is 0 Å². The second kappa shape index (κ2) is 9.19. The molecule has 7 heteroatoms. The number of unbranched alkanes of at least 4 members (excludes halogenated alkanes) is 5. The predicted molar refractivity (Wildman–Crippen MR) is 92.0 cm³/mol. The number of anilines is 1. The smallest absolute Gasteiger partial charge is 0.258 e. The van der Waals surface area contributed by atoms with Crippen LogP contribution in [0.3, 0.4) is 0 Å². The number of aromatic nitrogens is 3. The Morgan fingerprint density at radius 2 is 1.96 bits per heavy atom. The number of nitrogens with one attached hydrogen (secondary N) is 2. The van der Waals surface area contributed by atoms with Gasteiger partial charge < -0.3 is 4.98 Å². The lowest BCUT2D eigenvalue weighted by Gasteiger charge is -1.99. The average molecular weight is 334 g/mol. The summed E-state index contributed by atoms with van der Waals surface area (Å²) in [6, 6.07) is 2.80. The Balaban J connectivity index is 1.77. The Kier molecular flexibility index (Phi) is 6.93. The van der Waals surface area contributed by atoms with Crippen molar-refractivity contribution in [3.05, 3.63) is 39.3 Å². The van der Waals surface area contributed by atoms with E-state index in [-0.39, 0.29) is 11.5 Å². The average Bonchev–Trinajstić information content (AvgIpc) is 2.98. The van der Waals surface area contributed by atoms with Crippen LogP contribution in [-0.2, 0) is 6.42 Å². The molecule has 1 amide bonds. The zero-order chi connectivity index (χ0) is 16.5. The maximum Gasteiger partial charge on any atom is 0.258 e. The molecule has 0 aliphatic rings. The summed E-state index contributed by atoms with van der Waals surface area (Å²) in [5.74, 6) is -0.302. The SMILES string of the molecule is CCCCCCCCc1nnc(NC(=O)c2ccc(=O)[nH]c2)s1. The first-order valence-corrected chi connectivity index (χ1v) is 8.83. The van der Waals surface area contributed by atoms with Gasteiger partial charge >= 0.3 is 0 Å². The van der Waals surface area contributed by atoms with E-state index in [4.69, 9.17) is 0 Å². The normalized spacial score (nSPS) is 10.7. The topological polar surface area (TPSA) is 87.7 Å². The number of H-pyrrole nitrogens is 1. The van der Waals surface area contributed by atoms with Crippen molar-refractivity contribution in [3.8, 4) is 0 Å². The van der Waals surface area contributed by atoms with Crippen molar-refractivity contribution in [1.29, 1.82) is 0 Å². The van der Waals surface area contributed by atoms with E-state index in [9.17, 15) is 9.59 Å². The van der Waals surface area contributed by atoms with E-state index < -0.39 is 0 Å². The highest BCUT2D eigenvalue weighted by molar-refractivity contribution is 7.15. The van der Waals surface area contributed by atoms with Crippen LogP contribution in [0.15, 0.2) is 23.1 Å². The molecule has 23 heavy (non-hydrogen) atoms. The maximum atomic E-state index is 12.0. The molecule has 124 valence electrons. The highest BCUT2D eigenvalue weighted by Crippen LogP contribution is 2.18. The second-order valence-electron chi connectivity index (χ2n) is 5.41. The standard InChI is InChI=1S/C16H22N4O2S/c1-2-3-4-5-6-7-8-14-19-20-16(23-14)18-15(22)12-9-10-13(21)17-11-12/h9-11H,2-8H2,1H3,(H,17,21)(H,18,20,22). The first kappa shape index (κ1) is 17.3. The van der Waals surface area contributed by atoms with Crippen molar-refractivity contribution in [2.24, 2.45) is 0 Å².